The van der Waals surface area contributed by atoms with Crippen molar-refractivity contribution >= 4 is 23.5 Å². The summed E-state index contributed by atoms with van der Waals surface area (Å²) >= 11 is 1.49. The van der Waals surface area contributed by atoms with E-state index in [2.05, 4.69) is 17.1 Å². The van der Waals surface area contributed by atoms with Crippen LogP contribution in [-0.4, -0.2) is 30.7 Å². The molecule has 0 saturated heterocycles. The Kier molecular flexibility index (Phi) is 5.64. The molecule has 0 aliphatic carbocycles. The molecular formula is C24H21N3O2S. The molecule has 0 unspecified atom stereocenters. The van der Waals surface area contributed by atoms with Crippen LogP contribution in [0.15, 0.2) is 52.8 Å². The highest BCUT2D eigenvalue weighted by molar-refractivity contribution is 7.13. The molecule has 150 valence electrons. The number of thiophene rings is 1. The van der Waals surface area contributed by atoms with E-state index in [1.54, 1.807) is 11.0 Å². The highest BCUT2D eigenvalue weighted by Gasteiger charge is 2.19. The number of ether oxygens (including phenoxy) is 1. The van der Waals surface area contributed by atoms with Gasteiger partial charge >= 0.3 is 0 Å². The maximum Gasteiger partial charge on any atom is 0.254 e. The van der Waals surface area contributed by atoms with Crippen LogP contribution in [0.5, 0.6) is 5.75 Å². The fourth-order valence-electron chi connectivity index (χ4n) is 3.57. The van der Waals surface area contributed by atoms with Gasteiger partial charge in [-0.05, 0) is 47.9 Å². The Morgan fingerprint density at radius 2 is 2.17 bits per heavy atom. The van der Waals surface area contributed by atoms with Crippen molar-refractivity contribution < 1.29 is 9.53 Å². The van der Waals surface area contributed by atoms with E-state index in [0.29, 0.717) is 36.6 Å². The molecule has 0 saturated carbocycles. The highest BCUT2D eigenvalue weighted by atomic mass is 32.1. The van der Waals surface area contributed by atoms with Gasteiger partial charge in [0.15, 0.2) is 0 Å². The van der Waals surface area contributed by atoms with Gasteiger partial charge in [0, 0.05) is 41.2 Å². The first kappa shape index (κ1) is 19.9. The number of nitrogens with zero attached hydrogens (tertiary/aromatic N) is 3. The third-order valence-electron chi connectivity index (χ3n) is 5.07. The van der Waals surface area contributed by atoms with E-state index < -0.39 is 0 Å². The topological polar surface area (TPSA) is 65.7 Å². The van der Waals surface area contributed by atoms with Crippen LogP contribution in [0.3, 0.4) is 0 Å². The smallest absolute Gasteiger partial charge is 0.254 e. The molecular weight excluding hydrogens is 394 g/mol. The number of rotatable bonds is 6. The van der Waals surface area contributed by atoms with Crippen LogP contribution < -0.4 is 4.74 Å². The maximum absolute atomic E-state index is 13.1. The molecule has 4 rings (SSSR count). The predicted molar refractivity (Wildman–Crippen MR) is 119 cm³/mol. The Morgan fingerprint density at radius 1 is 1.30 bits per heavy atom. The lowest BCUT2D eigenvalue weighted by molar-refractivity contribution is 0.0784. The fraction of sp³-hybridized carbons (Fsp3) is 0.208. The zero-order valence-electron chi connectivity index (χ0n) is 16.9. The van der Waals surface area contributed by atoms with Gasteiger partial charge in [-0.1, -0.05) is 18.2 Å². The molecule has 1 aliphatic heterocycles. The number of amides is 1. The van der Waals surface area contributed by atoms with Crippen LogP contribution in [0.2, 0.25) is 0 Å². The van der Waals surface area contributed by atoms with Crippen LogP contribution in [0.4, 0.5) is 0 Å². The van der Waals surface area contributed by atoms with Gasteiger partial charge in [-0.15, -0.1) is 11.3 Å². The summed E-state index contributed by atoms with van der Waals surface area (Å²) in [5, 5.41) is 10.9. The van der Waals surface area contributed by atoms with Gasteiger partial charge in [-0.25, -0.2) is 0 Å². The third-order valence-corrected chi connectivity index (χ3v) is 6.03. The number of nitriles is 1. The molecule has 0 radical (unpaired) electrons. The average molecular weight is 416 g/mol. The fourth-order valence-corrected chi connectivity index (χ4v) is 4.43. The predicted octanol–water partition coefficient (Wildman–Crippen LogP) is 4.89. The van der Waals surface area contributed by atoms with E-state index in [4.69, 9.17) is 10.00 Å². The number of carbonyl (C=O) groups is 1. The summed E-state index contributed by atoms with van der Waals surface area (Å²) in [5.41, 5.74) is 5.52. The van der Waals surface area contributed by atoms with Crippen LogP contribution in [0, 0.1) is 11.3 Å². The average Bonchev–Trinajstić information content (AvgIpc) is 3.43. The van der Waals surface area contributed by atoms with Crippen molar-refractivity contribution in [2.75, 3.05) is 13.7 Å². The molecule has 30 heavy (non-hydrogen) atoms. The van der Waals surface area contributed by atoms with Crippen molar-refractivity contribution in [1.82, 2.24) is 4.90 Å². The Hall–Kier alpha value is -3.43. The van der Waals surface area contributed by atoms with Crippen LogP contribution in [-0.2, 0) is 13.1 Å². The van der Waals surface area contributed by atoms with Gasteiger partial charge in [0.1, 0.15) is 11.8 Å². The minimum Gasteiger partial charge on any atom is -0.493 e. The number of hydrogen-bond acceptors (Lipinski definition) is 5. The molecule has 0 N–H and O–H groups in total. The van der Waals surface area contributed by atoms with Crippen LogP contribution in [0.1, 0.15) is 39.5 Å². The minimum absolute atomic E-state index is 0.0667. The molecule has 1 aromatic heterocycles. The first-order valence-corrected chi connectivity index (χ1v) is 10.6. The normalized spacial score (nSPS) is 11.8. The summed E-state index contributed by atoms with van der Waals surface area (Å²) in [6.45, 7) is 3.60. The molecule has 0 bridgehead atoms. The van der Waals surface area contributed by atoms with Crippen molar-refractivity contribution in [2.24, 2.45) is 4.99 Å². The van der Waals surface area contributed by atoms with Crippen molar-refractivity contribution in [2.45, 2.75) is 20.0 Å². The van der Waals surface area contributed by atoms with Gasteiger partial charge in [0.05, 0.1) is 18.7 Å². The second-order valence-electron chi connectivity index (χ2n) is 7.07. The van der Waals surface area contributed by atoms with E-state index >= 15 is 0 Å². The molecule has 3 aromatic rings. The third kappa shape index (κ3) is 3.85. The number of fused-ring (bicyclic) bond motifs is 1. The monoisotopic (exact) mass is 415 g/mol. The van der Waals surface area contributed by atoms with Gasteiger partial charge < -0.3 is 9.64 Å². The molecule has 0 spiro atoms. The van der Waals surface area contributed by atoms with Gasteiger partial charge in [-0.3, -0.25) is 9.79 Å². The molecule has 1 aliphatic rings. The highest BCUT2D eigenvalue weighted by Crippen LogP contribution is 2.35. The lowest BCUT2D eigenvalue weighted by atomic mass is 10.0. The Labute approximate surface area is 179 Å². The largest absolute Gasteiger partial charge is 0.493 e. The van der Waals surface area contributed by atoms with Crippen molar-refractivity contribution in [3.05, 3.63) is 75.7 Å². The van der Waals surface area contributed by atoms with Crippen molar-refractivity contribution in [3.8, 4) is 22.3 Å². The second-order valence-corrected chi connectivity index (χ2v) is 7.98. The standard InChI is InChI=1S/C24H21N3O2S/c1-3-29-22-10-17(7-8-20(22)23-9-16(11-25)15-30-23)24(28)27(2)14-19-6-4-5-18-12-26-13-21(18)19/h4-10,12,15H,3,13-14H2,1-2H3. The molecule has 5 nitrogen and oxygen atoms in total. The summed E-state index contributed by atoms with van der Waals surface area (Å²) in [4.78, 5) is 20.1. The maximum atomic E-state index is 13.1. The quantitative estimate of drug-likeness (QED) is 0.576. The first-order valence-electron chi connectivity index (χ1n) is 9.72. The summed E-state index contributed by atoms with van der Waals surface area (Å²) in [6.07, 6.45) is 1.88. The van der Waals surface area contributed by atoms with E-state index in [1.165, 1.54) is 16.9 Å². The van der Waals surface area contributed by atoms with Crippen molar-refractivity contribution in [3.63, 3.8) is 0 Å². The van der Waals surface area contributed by atoms with E-state index in [-0.39, 0.29) is 5.91 Å². The molecule has 2 heterocycles. The SMILES string of the molecule is CCOc1cc(C(=O)N(C)Cc2cccc3c2CN=C3)ccc1-c1cc(C#N)cs1. The van der Waals surface area contributed by atoms with E-state index in [9.17, 15) is 4.79 Å². The number of aliphatic imine (C=N–C) groups is 1. The van der Waals surface area contributed by atoms with Crippen LogP contribution >= 0.6 is 11.3 Å². The van der Waals surface area contributed by atoms with E-state index in [0.717, 1.165) is 21.6 Å². The zero-order valence-corrected chi connectivity index (χ0v) is 17.7. The van der Waals surface area contributed by atoms with Gasteiger partial charge in [0.25, 0.3) is 5.91 Å². The first-order chi connectivity index (χ1) is 14.6. The van der Waals surface area contributed by atoms with Gasteiger partial charge in [0.2, 0.25) is 0 Å². The van der Waals surface area contributed by atoms with Crippen LogP contribution in [0.25, 0.3) is 10.4 Å². The Bertz CT molecular complexity index is 1170. The van der Waals surface area contributed by atoms with Gasteiger partial charge in [-0.2, -0.15) is 5.26 Å². The molecule has 6 heteroatoms. The Balaban J connectivity index is 1.58. The number of carbonyl (C=O) groups excluding carboxylic acids is 1. The molecule has 2 aromatic carbocycles. The summed E-state index contributed by atoms with van der Waals surface area (Å²) in [7, 11) is 1.81. The van der Waals surface area contributed by atoms with Crippen molar-refractivity contribution in [1.29, 1.82) is 5.26 Å². The summed E-state index contributed by atoms with van der Waals surface area (Å²) in [6, 6.07) is 15.6. The second kappa shape index (κ2) is 8.52. The summed E-state index contributed by atoms with van der Waals surface area (Å²) in [5.74, 6) is 0.583. The Morgan fingerprint density at radius 3 is 2.93 bits per heavy atom. The minimum atomic E-state index is -0.0667. The molecule has 1 amide bonds. The summed E-state index contributed by atoms with van der Waals surface area (Å²) < 4.78 is 5.82. The van der Waals surface area contributed by atoms with E-state index in [1.807, 2.05) is 55.9 Å². The lowest BCUT2D eigenvalue weighted by Gasteiger charge is -2.20. The zero-order chi connectivity index (χ0) is 21.1. The number of hydrogen-bond donors (Lipinski definition) is 0. The molecule has 0 atom stereocenters. The lowest BCUT2D eigenvalue weighted by Crippen LogP contribution is -2.26. The number of benzene rings is 2. The molecule has 0 fully saturated rings.